The lowest BCUT2D eigenvalue weighted by Gasteiger charge is -2.12. The van der Waals surface area contributed by atoms with E-state index in [1.165, 1.54) is 38.5 Å². The summed E-state index contributed by atoms with van der Waals surface area (Å²) in [6.07, 6.45) is 0. The van der Waals surface area contributed by atoms with Gasteiger partial charge in [-0.3, -0.25) is 4.79 Å². The molecule has 110 valence electrons. The van der Waals surface area contributed by atoms with Crippen molar-refractivity contribution in [2.24, 2.45) is 0 Å². The minimum absolute atomic E-state index is 0.0876. The maximum Gasteiger partial charge on any atom is 0.195 e. The summed E-state index contributed by atoms with van der Waals surface area (Å²) in [5.74, 6) is -0.172. The average Bonchev–Trinajstić information content (AvgIpc) is 2.49. The fourth-order valence-electron chi connectivity index (χ4n) is 1.85. The van der Waals surface area contributed by atoms with Gasteiger partial charge in [-0.2, -0.15) is 0 Å². The van der Waals surface area contributed by atoms with Crippen LogP contribution in [-0.4, -0.2) is 20.0 Å². The highest BCUT2D eigenvalue weighted by Gasteiger charge is 2.20. The van der Waals surface area contributed by atoms with Crippen molar-refractivity contribution in [3.05, 3.63) is 56.8 Å². The summed E-state index contributed by atoms with van der Waals surface area (Å²) in [5, 5.41) is -0.204. The van der Waals surface area contributed by atoms with Crippen LogP contribution in [0.2, 0.25) is 5.02 Å². The Bertz CT molecular complexity index is 704. The Balaban J connectivity index is 2.56. The number of ketones is 1. The number of hydrogen-bond acceptors (Lipinski definition) is 3. The summed E-state index contributed by atoms with van der Waals surface area (Å²) < 4.78 is 24.3. The zero-order valence-corrected chi connectivity index (χ0v) is 13.6. The third kappa shape index (κ3) is 3.04. The van der Waals surface area contributed by atoms with Crippen LogP contribution >= 0.6 is 27.5 Å². The van der Waals surface area contributed by atoms with Crippen LogP contribution in [0.25, 0.3) is 0 Å². The van der Waals surface area contributed by atoms with Gasteiger partial charge in [0, 0.05) is 15.6 Å². The van der Waals surface area contributed by atoms with Crippen molar-refractivity contribution < 1.29 is 18.7 Å². The van der Waals surface area contributed by atoms with Crippen molar-refractivity contribution in [1.29, 1.82) is 0 Å². The standard InChI is InChI=1S/C15H11BrClFO3/c1-20-12-6-9(10(16)7-13(12)21-2)15(19)8-4-3-5-11(18)14(8)17/h3-7H,1-2H3. The molecule has 0 unspecified atom stereocenters. The maximum atomic E-state index is 13.5. The van der Waals surface area contributed by atoms with Crippen LogP contribution in [0.15, 0.2) is 34.8 Å². The molecule has 0 N–H and O–H groups in total. The molecule has 2 rings (SSSR count). The van der Waals surface area contributed by atoms with Crippen molar-refractivity contribution in [2.75, 3.05) is 14.2 Å². The molecule has 0 saturated heterocycles. The number of benzene rings is 2. The quantitative estimate of drug-likeness (QED) is 0.741. The van der Waals surface area contributed by atoms with E-state index in [4.69, 9.17) is 21.1 Å². The number of ether oxygens (including phenoxy) is 2. The Morgan fingerprint density at radius 2 is 1.76 bits per heavy atom. The SMILES string of the molecule is COc1cc(Br)c(C(=O)c2cccc(F)c2Cl)cc1OC. The molecule has 0 atom stereocenters. The zero-order valence-electron chi connectivity index (χ0n) is 11.2. The highest BCUT2D eigenvalue weighted by atomic mass is 79.9. The van der Waals surface area contributed by atoms with Crippen LogP contribution in [0.5, 0.6) is 11.5 Å². The van der Waals surface area contributed by atoms with Crippen molar-refractivity contribution in [2.45, 2.75) is 0 Å². The fourth-order valence-corrected chi connectivity index (χ4v) is 2.57. The maximum absolute atomic E-state index is 13.5. The lowest BCUT2D eigenvalue weighted by Crippen LogP contribution is -2.05. The predicted octanol–water partition coefficient (Wildman–Crippen LogP) is 4.49. The van der Waals surface area contributed by atoms with E-state index < -0.39 is 11.6 Å². The molecule has 0 heterocycles. The minimum atomic E-state index is -0.640. The number of hydrogen-bond donors (Lipinski definition) is 0. The van der Waals surface area contributed by atoms with Gasteiger partial charge in [-0.15, -0.1) is 0 Å². The van der Waals surface area contributed by atoms with Gasteiger partial charge in [-0.25, -0.2) is 4.39 Å². The van der Waals surface area contributed by atoms with E-state index in [1.807, 2.05) is 0 Å². The van der Waals surface area contributed by atoms with Gasteiger partial charge in [0.15, 0.2) is 17.3 Å². The number of carbonyl (C=O) groups excluding carboxylic acids is 1. The lowest BCUT2D eigenvalue weighted by atomic mass is 10.0. The molecule has 2 aromatic rings. The summed E-state index contributed by atoms with van der Waals surface area (Å²) >= 11 is 9.15. The second-order valence-electron chi connectivity index (χ2n) is 4.12. The zero-order chi connectivity index (χ0) is 15.6. The van der Waals surface area contributed by atoms with E-state index in [0.717, 1.165) is 0 Å². The van der Waals surface area contributed by atoms with Gasteiger partial charge < -0.3 is 9.47 Å². The molecule has 3 nitrogen and oxygen atoms in total. The molecule has 6 heteroatoms. The van der Waals surface area contributed by atoms with Gasteiger partial charge >= 0.3 is 0 Å². The van der Waals surface area contributed by atoms with E-state index >= 15 is 0 Å². The number of halogens is 3. The first-order valence-electron chi connectivity index (χ1n) is 5.89. The van der Waals surface area contributed by atoms with Crippen LogP contribution in [0.4, 0.5) is 4.39 Å². The normalized spacial score (nSPS) is 10.3. The smallest absolute Gasteiger partial charge is 0.195 e. The minimum Gasteiger partial charge on any atom is -0.493 e. The molecule has 0 fully saturated rings. The van der Waals surface area contributed by atoms with E-state index in [2.05, 4.69) is 15.9 Å². The highest BCUT2D eigenvalue weighted by molar-refractivity contribution is 9.10. The van der Waals surface area contributed by atoms with Crippen LogP contribution in [0.3, 0.4) is 0 Å². The molecular formula is C15H11BrClFO3. The third-order valence-electron chi connectivity index (χ3n) is 2.91. The Labute approximate surface area is 134 Å². The van der Waals surface area contributed by atoms with Gasteiger partial charge in [-0.05, 0) is 40.2 Å². The van der Waals surface area contributed by atoms with Crippen molar-refractivity contribution in [3.8, 4) is 11.5 Å². The first-order valence-corrected chi connectivity index (χ1v) is 7.07. The first kappa shape index (κ1) is 15.8. The summed E-state index contributed by atoms with van der Waals surface area (Å²) in [6.45, 7) is 0. The molecule has 0 aromatic heterocycles. The molecule has 0 spiro atoms. The van der Waals surface area contributed by atoms with Gasteiger partial charge in [0.1, 0.15) is 5.82 Å². The van der Waals surface area contributed by atoms with Gasteiger partial charge in [0.2, 0.25) is 0 Å². The van der Waals surface area contributed by atoms with Crippen molar-refractivity contribution >= 4 is 33.3 Å². The van der Waals surface area contributed by atoms with E-state index in [0.29, 0.717) is 21.5 Å². The molecular weight excluding hydrogens is 363 g/mol. The second kappa shape index (κ2) is 6.45. The summed E-state index contributed by atoms with van der Waals surface area (Å²) in [5.41, 5.74) is 0.393. The van der Waals surface area contributed by atoms with Crippen LogP contribution in [0.1, 0.15) is 15.9 Å². The van der Waals surface area contributed by atoms with E-state index in [1.54, 1.807) is 6.07 Å². The van der Waals surface area contributed by atoms with Crippen LogP contribution in [0, 0.1) is 5.82 Å². The lowest BCUT2D eigenvalue weighted by molar-refractivity contribution is 0.103. The summed E-state index contributed by atoms with van der Waals surface area (Å²) in [4.78, 5) is 12.5. The monoisotopic (exact) mass is 372 g/mol. The van der Waals surface area contributed by atoms with Gasteiger partial charge in [0.25, 0.3) is 0 Å². The Hall–Kier alpha value is -1.59. The average molecular weight is 374 g/mol. The largest absolute Gasteiger partial charge is 0.493 e. The Kier molecular flexibility index (Phi) is 4.85. The molecule has 0 amide bonds. The molecule has 0 radical (unpaired) electrons. The molecule has 2 aromatic carbocycles. The van der Waals surface area contributed by atoms with E-state index in [9.17, 15) is 9.18 Å². The van der Waals surface area contributed by atoms with Gasteiger partial charge in [0.05, 0.1) is 19.2 Å². The molecule has 0 saturated carbocycles. The predicted molar refractivity (Wildman–Crippen MR) is 82.1 cm³/mol. The molecule has 0 aliphatic carbocycles. The molecule has 0 aliphatic heterocycles. The number of methoxy groups -OCH3 is 2. The molecule has 0 bridgehead atoms. The number of carbonyl (C=O) groups is 1. The number of rotatable bonds is 4. The molecule has 0 aliphatic rings. The topological polar surface area (TPSA) is 35.5 Å². The molecule has 21 heavy (non-hydrogen) atoms. The summed E-state index contributed by atoms with van der Waals surface area (Å²) in [6, 6.07) is 7.23. The fraction of sp³-hybridized carbons (Fsp3) is 0.133. The Morgan fingerprint density at radius 1 is 1.14 bits per heavy atom. The second-order valence-corrected chi connectivity index (χ2v) is 5.35. The van der Waals surface area contributed by atoms with E-state index in [-0.39, 0.29) is 10.6 Å². The van der Waals surface area contributed by atoms with Crippen LogP contribution < -0.4 is 9.47 Å². The first-order chi connectivity index (χ1) is 9.99. The highest BCUT2D eigenvalue weighted by Crippen LogP contribution is 2.35. The van der Waals surface area contributed by atoms with Crippen LogP contribution in [-0.2, 0) is 0 Å². The van der Waals surface area contributed by atoms with Crippen molar-refractivity contribution in [3.63, 3.8) is 0 Å². The third-order valence-corrected chi connectivity index (χ3v) is 3.95. The summed E-state index contributed by atoms with van der Waals surface area (Å²) in [7, 11) is 2.96. The van der Waals surface area contributed by atoms with Gasteiger partial charge in [-0.1, -0.05) is 17.7 Å². The van der Waals surface area contributed by atoms with Crippen molar-refractivity contribution in [1.82, 2.24) is 0 Å². The Morgan fingerprint density at radius 3 is 2.38 bits per heavy atom.